The number of hydrogen-bond donors (Lipinski definition) is 2. The summed E-state index contributed by atoms with van der Waals surface area (Å²) in [6.45, 7) is 0. The Morgan fingerprint density at radius 1 is 1.10 bits per heavy atom. The molecule has 158 valence electrons. The Labute approximate surface area is 174 Å². The van der Waals surface area contributed by atoms with Gasteiger partial charge in [0.15, 0.2) is 0 Å². The van der Waals surface area contributed by atoms with Gasteiger partial charge in [-0.1, -0.05) is 12.1 Å². The lowest BCUT2D eigenvalue weighted by molar-refractivity contribution is -0.159. The molecule has 0 fully saturated rings. The van der Waals surface area contributed by atoms with Gasteiger partial charge in [-0.15, -0.1) is 0 Å². The molecule has 0 atom stereocenters. The fourth-order valence-electron chi connectivity index (χ4n) is 2.95. The summed E-state index contributed by atoms with van der Waals surface area (Å²) in [6, 6.07) is 15.3. The second-order valence-corrected chi connectivity index (χ2v) is 8.23. The van der Waals surface area contributed by atoms with Gasteiger partial charge in [0.25, 0.3) is 0 Å². The number of primary sulfonamides is 1. The number of nitrogens with two attached hydrogens (primary N) is 1. The van der Waals surface area contributed by atoms with E-state index in [-0.39, 0.29) is 11.3 Å². The first-order valence-electron chi connectivity index (χ1n) is 9.05. The highest BCUT2D eigenvalue weighted by Gasteiger charge is 2.17. The maximum atomic E-state index is 11.7. The SMILES string of the molecule is COc1ccc(-c2cc(CCC(=O)N(C)O)oc2-c2ccc(S(N)(=O)=O)cc2)cc1. The molecular formula is C21H22N2O6S. The molecule has 1 heterocycles. The highest BCUT2D eigenvalue weighted by Crippen LogP contribution is 2.36. The quantitative estimate of drug-likeness (QED) is 0.439. The number of methoxy groups -OCH3 is 1. The van der Waals surface area contributed by atoms with Gasteiger partial charge < -0.3 is 9.15 Å². The molecule has 2 aromatic carbocycles. The van der Waals surface area contributed by atoms with E-state index in [1.54, 1.807) is 19.2 Å². The zero-order chi connectivity index (χ0) is 21.9. The van der Waals surface area contributed by atoms with Crippen LogP contribution in [-0.4, -0.2) is 38.8 Å². The molecule has 3 rings (SSSR count). The Kier molecular flexibility index (Phi) is 6.25. The molecule has 0 aliphatic heterocycles. The number of carbonyl (C=O) groups excluding carboxylic acids is 1. The minimum Gasteiger partial charge on any atom is -0.497 e. The number of ether oxygens (including phenoxy) is 1. The summed E-state index contributed by atoms with van der Waals surface area (Å²) >= 11 is 0. The summed E-state index contributed by atoms with van der Waals surface area (Å²) in [5.41, 5.74) is 2.30. The van der Waals surface area contributed by atoms with E-state index in [0.29, 0.717) is 34.3 Å². The zero-order valence-electron chi connectivity index (χ0n) is 16.5. The third-order valence-electron chi connectivity index (χ3n) is 4.58. The Bertz CT molecular complexity index is 1130. The first-order valence-corrected chi connectivity index (χ1v) is 10.6. The molecule has 0 radical (unpaired) electrons. The molecule has 1 aromatic heterocycles. The summed E-state index contributed by atoms with van der Waals surface area (Å²) in [4.78, 5) is 11.7. The topological polar surface area (TPSA) is 123 Å². The van der Waals surface area contributed by atoms with E-state index in [2.05, 4.69) is 0 Å². The summed E-state index contributed by atoms with van der Waals surface area (Å²) in [5, 5.41) is 15.0. The molecule has 1 amide bonds. The van der Waals surface area contributed by atoms with Gasteiger partial charge in [0.05, 0.1) is 12.0 Å². The second kappa shape index (κ2) is 8.70. The van der Waals surface area contributed by atoms with Crippen molar-refractivity contribution in [1.82, 2.24) is 5.06 Å². The fraction of sp³-hybridized carbons (Fsp3) is 0.190. The van der Waals surface area contributed by atoms with Crippen molar-refractivity contribution in [2.75, 3.05) is 14.2 Å². The standard InChI is InChI=1S/C21H22N2O6S/c1-23(25)20(24)12-9-17-13-19(14-3-7-16(28-2)8-4-14)21(29-17)15-5-10-18(11-6-15)30(22,26)27/h3-8,10-11,13,25H,9,12H2,1-2H3,(H2,22,26,27). The number of aryl methyl sites for hydroxylation is 1. The van der Waals surface area contributed by atoms with Crippen molar-refractivity contribution < 1.29 is 27.6 Å². The highest BCUT2D eigenvalue weighted by atomic mass is 32.2. The first kappa shape index (κ1) is 21.6. The summed E-state index contributed by atoms with van der Waals surface area (Å²) < 4.78 is 34.3. The van der Waals surface area contributed by atoms with Crippen LogP contribution in [0.3, 0.4) is 0 Å². The van der Waals surface area contributed by atoms with Crippen molar-refractivity contribution in [3.8, 4) is 28.2 Å². The zero-order valence-corrected chi connectivity index (χ0v) is 17.3. The Balaban J connectivity index is 2.01. The van der Waals surface area contributed by atoms with Crippen LogP contribution in [0.2, 0.25) is 0 Å². The van der Waals surface area contributed by atoms with Crippen molar-refractivity contribution in [2.24, 2.45) is 5.14 Å². The van der Waals surface area contributed by atoms with Gasteiger partial charge in [0.1, 0.15) is 17.3 Å². The number of hydrogen-bond acceptors (Lipinski definition) is 6. The van der Waals surface area contributed by atoms with Gasteiger partial charge in [-0.3, -0.25) is 10.0 Å². The minimum absolute atomic E-state index is 0.000562. The van der Waals surface area contributed by atoms with Crippen molar-refractivity contribution in [3.63, 3.8) is 0 Å². The molecule has 0 saturated carbocycles. The van der Waals surface area contributed by atoms with Crippen LogP contribution < -0.4 is 9.88 Å². The van der Waals surface area contributed by atoms with Crippen LogP contribution in [0, 0.1) is 0 Å². The molecule has 0 saturated heterocycles. The van der Waals surface area contributed by atoms with Crippen LogP contribution >= 0.6 is 0 Å². The van der Waals surface area contributed by atoms with E-state index in [9.17, 15) is 18.4 Å². The number of carbonyl (C=O) groups is 1. The number of hydroxylamine groups is 2. The van der Waals surface area contributed by atoms with Gasteiger partial charge in [-0.25, -0.2) is 18.6 Å². The van der Waals surface area contributed by atoms with Gasteiger partial charge in [0, 0.05) is 31.0 Å². The summed E-state index contributed by atoms with van der Waals surface area (Å²) in [6.07, 6.45) is 0.370. The first-order chi connectivity index (χ1) is 14.2. The van der Waals surface area contributed by atoms with Crippen molar-refractivity contribution in [1.29, 1.82) is 0 Å². The van der Waals surface area contributed by atoms with Crippen molar-refractivity contribution in [3.05, 3.63) is 60.4 Å². The van der Waals surface area contributed by atoms with Crippen molar-refractivity contribution in [2.45, 2.75) is 17.7 Å². The highest BCUT2D eigenvalue weighted by molar-refractivity contribution is 7.89. The molecule has 0 aliphatic carbocycles. The predicted molar refractivity (Wildman–Crippen MR) is 110 cm³/mol. The lowest BCUT2D eigenvalue weighted by atomic mass is 10.0. The number of furan rings is 1. The molecule has 0 unspecified atom stereocenters. The maximum absolute atomic E-state index is 11.7. The minimum atomic E-state index is -3.80. The second-order valence-electron chi connectivity index (χ2n) is 6.67. The summed E-state index contributed by atoms with van der Waals surface area (Å²) in [7, 11) is -0.952. The van der Waals surface area contributed by atoms with Gasteiger partial charge >= 0.3 is 0 Å². The predicted octanol–water partition coefficient (Wildman–Crippen LogP) is 3.05. The molecule has 30 heavy (non-hydrogen) atoms. The Morgan fingerprint density at radius 3 is 2.23 bits per heavy atom. The number of amides is 1. The normalized spacial score (nSPS) is 11.3. The van der Waals surface area contributed by atoms with E-state index < -0.39 is 15.9 Å². The van der Waals surface area contributed by atoms with E-state index in [1.165, 1.54) is 19.2 Å². The third kappa shape index (κ3) is 4.88. The number of benzene rings is 2. The van der Waals surface area contributed by atoms with Crippen LogP contribution in [0.1, 0.15) is 12.2 Å². The smallest absolute Gasteiger partial charge is 0.246 e. The van der Waals surface area contributed by atoms with Crippen molar-refractivity contribution >= 4 is 15.9 Å². The molecule has 0 bridgehead atoms. The van der Waals surface area contributed by atoms with Gasteiger partial charge in [-0.2, -0.15) is 0 Å². The fourth-order valence-corrected chi connectivity index (χ4v) is 3.47. The molecule has 0 aliphatic rings. The monoisotopic (exact) mass is 430 g/mol. The Morgan fingerprint density at radius 2 is 1.70 bits per heavy atom. The van der Waals surface area contributed by atoms with E-state index in [4.69, 9.17) is 14.3 Å². The van der Waals surface area contributed by atoms with Crippen LogP contribution in [0.4, 0.5) is 0 Å². The van der Waals surface area contributed by atoms with Crippen LogP contribution in [0.15, 0.2) is 63.9 Å². The lowest BCUT2D eigenvalue weighted by Gasteiger charge is -2.06. The maximum Gasteiger partial charge on any atom is 0.246 e. The van der Waals surface area contributed by atoms with E-state index in [1.807, 2.05) is 30.3 Å². The average molecular weight is 430 g/mol. The van der Waals surface area contributed by atoms with Gasteiger partial charge in [0.2, 0.25) is 15.9 Å². The number of rotatable bonds is 7. The van der Waals surface area contributed by atoms with Crippen LogP contribution in [0.5, 0.6) is 5.75 Å². The molecule has 9 heteroatoms. The third-order valence-corrected chi connectivity index (χ3v) is 5.50. The van der Waals surface area contributed by atoms with E-state index in [0.717, 1.165) is 11.1 Å². The lowest BCUT2D eigenvalue weighted by Crippen LogP contribution is -2.22. The molecule has 8 nitrogen and oxygen atoms in total. The Hall–Kier alpha value is -3.14. The molecule has 0 spiro atoms. The van der Waals surface area contributed by atoms with Gasteiger partial charge in [-0.05, 0) is 48.0 Å². The molecular weight excluding hydrogens is 408 g/mol. The molecule has 3 N–H and O–H groups in total. The number of sulfonamides is 1. The van der Waals surface area contributed by atoms with Crippen LogP contribution in [-0.2, 0) is 21.2 Å². The average Bonchev–Trinajstić information content (AvgIpc) is 3.15. The largest absolute Gasteiger partial charge is 0.497 e. The molecule has 3 aromatic rings. The number of nitrogens with zero attached hydrogens (tertiary/aromatic N) is 1. The van der Waals surface area contributed by atoms with Crippen LogP contribution in [0.25, 0.3) is 22.5 Å². The summed E-state index contributed by atoms with van der Waals surface area (Å²) in [5.74, 6) is 1.36. The van der Waals surface area contributed by atoms with E-state index >= 15 is 0 Å².